The van der Waals surface area contributed by atoms with Gasteiger partial charge in [-0.1, -0.05) is 24.3 Å². The van der Waals surface area contributed by atoms with Crippen LogP contribution in [0.2, 0.25) is 0 Å². The number of rotatable bonds is 8. The van der Waals surface area contributed by atoms with Crippen LogP contribution < -0.4 is 14.4 Å². The lowest BCUT2D eigenvalue weighted by Gasteiger charge is -2.20. The van der Waals surface area contributed by atoms with Crippen LogP contribution in [0.4, 0.5) is 17.1 Å². The zero-order chi connectivity index (χ0) is 23.3. The van der Waals surface area contributed by atoms with Gasteiger partial charge in [-0.25, -0.2) is 8.42 Å². The molecular weight excluding hydrogens is 434 g/mol. The number of hydrogen-bond acceptors (Lipinski definition) is 6. The quantitative estimate of drug-likeness (QED) is 0.404. The highest BCUT2D eigenvalue weighted by molar-refractivity contribution is 7.92. The number of hydrogen-bond donors (Lipinski definition) is 1. The number of carbonyl (C=O) groups excluding carboxylic acids is 1. The smallest absolute Gasteiger partial charge is 0.311 e. The van der Waals surface area contributed by atoms with Crippen molar-refractivity contribution in [2.24, 2.45) is 0 Å². The summed E-state index contributed by atoms with van der Waals surface area (Å²) >= 11 is 0. The van der Waals surface area contributed by atoms with Crippen molar-refractivity contribution in [3.63, 3.8) is 0 Å². The number of carbonyl (C=O) groups is 1. The van der Waals surface area contributed by atoms with E-state index in [0.29, 0.717) is 5.69 Å². The molecule has 0 fully saturated rings. The minimum Gasteiger partial charge on any atom is -0.487 e. The molecule has 0 aliphatic heterocycles. The zero-order valence-electron chi connectivity index (χ0n) is 17.4. The Morgan fingerprint density at radius 2 is 1.78 bits per heavy atom. The molecule has 3 aromatic carbocycles. The van der Waals surface area contributed by atoms with Gasteiger partial charge in [-0.2, -0.15) is 0 Å². The Balaban J connectivity index is 1.85. The van der Waals surface area contributed by atoms with Crippen LogP contribution in [0, 0.1) is 10.1 Å². The summed E-state index contributed by atoms with van der Waals surface area (Å²) in [6.07, 6.45) is 0. The number of ether oxygens (including phenoxy) is 1. The number of amides is 1. The van der Waals surface area contributed by atoms with Gasteiger partial charge >= 0.3 is 5.69 Å². The number of para-hydroxylation sites is 1. The van der Waals surface area contributed by atoms with Crippen molar-refractivity contribution in [1.82, 2.24) is 0 Å². The van der Waals surface area contributed by atoms with E-state index in [1.165, 1.54) is 43.4 Å². The van der Waals surface area contributed by atoms with Crippen LogP contribution in [0.25, 0.3) is 0 Å². The van der Waals surface area contributed by atoms with Gasteiger partial charge in [0.2, 0.25) is 0 Å². The first-order valence-corrected chi connectivity index (χ1v) is 11.0. The van der Waals surface area contributed by atoms with E-state index in [0.717, 1.165) is 10.4 Å². The van der Waals surface area contributed by atoms with E-state index >= 15 is 0 Å². The number of sulfonamides is 1. The molecule has 1 N–H and O–H groups in total. The average molecular weight is 455 g/mol. The van der Waals surface area contributed by atoms with Crippen LogP contribution >= 0.6 is 0 Å². The van der Waals surface area contributed by atoms with Crippen molar-refractivity contribution in [3.05, 3.63) is 88.5 Å². The molecule has 1 amide bonds. The van der Waals surface area contributed by atoms with E-state index in [4.69, 9.17) is 4.74 Å². The van der Waals surface area contributed by atoms with Crippen LogP contribution in [0.1, 0.15) is 17.3 Å². The lowest BCUT2D eigenvalue weighted by molar-refractivity contribution is -0.385. The fraction of sp³-hybridized carbons (Fsp3) is 0.136. The van der Waals surface area contributed by atoms with Crippen molar-refractivity contribution in [2.45, 2.75) is 11.8 Å². The summed E-state index contributed by atoms with van der Waals surface area (Å²) in [6, 6.07) is 18.2. The van der Waals surface area contributed by atoms with E-state index in [9.17, 15) is 23.3 Å². The summed E-state index contributed by atoms with van der Waals surface area (Å²) in [6.45, 7) is 1.94. The molecule has 0 bridgehead atoms. The van der Waals surface area contributed by atoms with Crippen LogP contribution in [-0.4, -0.2) is 32.9 Å². The van der Waals surface area contributed by atoms with Gasteiger partial charge in [0.05, 0.1) is 22.1 Å². The first-order chi connectivity index (χ1) is 15.2. The molecule has 9 nitrogen and oxygen atoms in total. The number of nitro benzene ring substituents is 1. The zero-order valence-corrected chi connectivity index (χ0v) is 18.2. The SMILES string of the molecule is CCOc1ccc(C(=O)Nc2cccc(S(=O)(=O)N(C)c3ccccc3)c2)cc1[N+](=O)[O-]. The number of nitro groups is 1. The van der Waals surface area contributed by atoms with Crippen molar-refractivity contribution >= 4 is 33.0 Å². The molecule has 10 heteroatoms. The highest BCUT2D eigenvalue weighted by atomic mass is 32.2. The Morgan fingerprint density at radius 3 is 2.44 bits per heavy atom. The van der Waals surface area contributed by atoms with E-state index < -0.39 is 20.9 Å². The van der Waals surface area contributed by atoms with Gasteiger partial charge in [0.25, 0.3) is 15.9 Å². The van der Waals surface area contributed by atoms with Gasteiger partial charge in [-0.05, 0) is 49.4 Å². The number of benzene rings is 3. The fourth-order valence-corrected chi connectivity index (χ4v) is 4.19. The molecule has 0 aliphatic rings. The normalized spacial score (nSPS) is 10.9. The maximum atomic E-state index is 13.0. The van der Waals surface area contributed by atoms with E-state index in [2.05, 4.69) is 5.32 Å². The molecule has 0 spiro atoms. The van der Waals surface area contributed by atoms with Gasteiger partial charge in [-0.15, -0.1) is 0 Å². The molecule has 0 heterocycles. The molecule has 3 rings (SSSR count). The summed E-state index contributed by atoms with van der Waals surface area (Å²) in [4.78, 5) is 23.3. The first-order valence-electron chi connectivity index (χ1n) is 9.60. The minimum absolute atomic E-state index is 0.0145. The minimum atomic E-state index is -3.87. The summed E-state index contributed by atoms with van der Waals surface area (Å²) < 4.78 is 32.3. The molecule has 0 saturated carbocycles. The van der Waals surface area contributed by atoms with Gasteiger partial charge in [0.1, 0.15) is 0 Å². The predicted octanol–water partition coefficient (Wildman–Crippen LogP) is 4.07. The largest absolute Gasteiger partial charge is 0.487 e. The van der Waals surface area contributed by atoms with Gasteiger partial charge in [-0.3, -0.25) is 19.2 Å². The number of nitrogens with one attached hydrogen (secondary N) is 1. The summed E-state index contributed by atoms with van der Waals surface area (Å²) in [7, 11) is -2.43. The Bertz CT molecular complexity index is 1250. The van der Waals surface area contributed by atoms with E-state index in [1.807, 2.05) is 0 Å². The summed E-state index contributed by atoms with van der Waals surface area (Å²) in [5.74, 6) is -0.562. The Morgan fingerprint density at radius 1 is 1.06 bits per heavy atom. The van der Waals surface area contributed by atoms with E-state index in [1.54, 1.807) is 37.3 Å². The fourth-order valence-electron chi connectivity index (χ4n) is 2.95. The molecule has 0 unspecified atom stereocenters. The van der Waals surface area contributed by atoms with Gasteiger partial charge in [0, 0.05) is 24.4 Å². The molecule has 0 aromatic heterocycles. The van der Waals surface area contributed by atoms with Crippen molar-refractivity contribution in [3.8, 4) is 5.75 Å². The monoisotopic (exact) mass is 455 g/mol. The Kier molecular flexibility index (Phi) is 6.74. The van der Waals surface area contributed by atoms with Gasteiger partial charge < -0.3 is 10.1 Å². The highest BCUT2D eigenvalue weighted by Crippen LogP contribution is 2.29. The van der Waals surface area contributed by atoms with E-state index in [-0.39, 0.29) is 34.2 Å². The molecule has 0 atom stereocenters. The number of nitrogens with zero attached hydrogens (tertiary/aromatic N) is 2. The van der Waals surface area contributed by atoms with Crippen LogP contribution in [0.15, 0.2) is 77.7 Å². The maximum absolute atomic E-state index is 13.0. The molecule has 0 aliphatic carbocycles. The topological polar surface area (TPSA) is 119 Å². The van der Waals surface area contributed by atoms with Gasteiger partial charge in [0.15, 0.2) is 5.75 Å². The third-order valence-corrected chi connectivity index (χ3v) is 6.37. The lowest BCUT2D eigenvalue weighted by atomic mass is 10.1. The Labute approximate surface area is 185 Å². The standard InChI is InChI=1S/C22H21N3O6S/c1-3-31-21-13-12-16(14-20(21)25(27)28)22(26)23-17-8-7-11-19(15-17)32(29,30)24(2)18-9-5-4-6-10-18/h4-15H,3H2,1-2H3,(H,23,26). The second-order valence-electron chi connectivity index (χ2n) is 6.66. The van der Waals surface area contributed by atoms with Crippen LogP contribution in [-0.2, 0) is 10.0 Å². The van der Waals surface area contributed by atoms with Crippen LogP contribution in [0.5, 0.6) is 5.75 Å². The van der Waals surface area contributed by atoms with Crippen molar-refractivity contribution in [2.75, 3.05) is 23.3 Å². The van der Waals surface area contributed by atoms with Crippen molar-refractivity contribution in [1.29, 1.82) is 0 Å². The second-order valence-corrected chi connectivity index (χ2v) is 8.63. The molecule has 32 heavy (non-hydrogen) atoms. The summed E-state index contributed by atoms with van der Waals surface area (Å²) in [5, 5.41) is 13.9. The molecular formula is C22H21N3O6S. The highest BCUT2D eigenvalue weighted by Gasteiger charge is 2.22. The van der Waals surface area contributed by atoms with Crippen molar-refractivity contribution < 1.29 is 22.9 Å². The first kappa shape index (κ1) is 22.8. The lowest BCUT2D eigenvalue weighted by Crippen LogP contribution is -2.26. The third kappa shape index (κ3) is 4.86. The number of anilines is 2. The molecule has 3 aromatic rings. The summed E-state index contributed by atoms with van der Waals surface area (Å²) in [5.41, 5.74) is 0.424. The second kappa shape index (κ2) is 9.48. The maximum Gasteiger partial charge on any atom is 0.311 e. The predicted molar refractivity (Wildman–Crippen MR) is 121 cm³/mol. The molecule has 166 valence electrons. The molecule has 0 radical (unpaired) electrons. The third-order valence-electron chi connectivity index (χ3n) is 4.59. The Hall–Kier alpha value is -3.92. The van der Waals surface area contributed by atoms with Crippen LogP contribution in [0.3, 0.4) is 0 Å². The average Bonchev–Trinajstić information content (AvgIpc) is 2.79. The molecule has 0 saturated heterocycles.